The standard InChI is InChI=1S/C11H13F3O2/c1-6(2)5-16-11-9(13)3-8(12)7(4-15)10(11)14/h3,6,15H,4-5H2,1-2H3. The van der Waals surface area contributed by atoms with Crippen molar-refractivity contribution in [1.82, 2.24) is 0 Å². The Morgan fingerprint density at radius 2 is 1.88 bits per heavy atom. The summed E-state index contributed by atoms with van der Waals surface area (Å²) in [6, 6.07) is 0.504. The van der Waals surface area contributed by atoms with Gasteiger partial charge in [-0.2, -0.15) is 0 Å². The zero-order valence-corrected chi connectivity index (χ0v) is 9.06. The molecule has 0 spiro atoms. The lowest BCUT2D eigenvalue weighted by Gasteiger charge is -2.12. The number of benzene rings is 1. The van der Waals surface area contributed by atoms with Crippen LogP contribution in [0.15, 0.2) is 6.07 Å². The molecule has 1 aromatic rings. The Bertz CT molecular complexity index is 378. The van der Waals surface area contributed by atoms with Crippen molar-refractivity contribution in [2.45, 2.75) is 20.5 Å². The quantitative estimate of drug-likeness (QED) is 0.867. The molecule has 5 heteroatoms. The first-order valence-corrected chi connectivity index (χ1v) is 4.87. The van der Waals surface area contributed by atoms with Crippen molar-refractivity contribution in [1.29, 1.82) is 0 Å². The van der Waals surface area contributed by atoms with Crippen LogP contribution in [0.4, 0.5) is 13.2 Å². The van der Waals surface area contributed by atoms with E-state index in [4.69, 9.17) is 9.84 Å². The van der Waals surface area contributed by atoms with E-state index in [1.54, 1.807) is 0 Å². The second-order valence-electron chi connectivity index (χ2n) is 3.82. The predicted molar refractivity (Wildman–Crippen MR) is 52.6 cm³/mol. The molecule has 0 atom stereocenters. The third-order valence-electron chi connectivity index (χ3n) is 1.94. The predicted octanol–water partition coefficient (Wildman–Crippen LogP) is 2.63. The van der Waals surface area contributed by atoms with Crippen LogP contribution in [0.5, 0.6) is 5.75 Å². The molecule has 0 unspecified atom stereocenters. The molecule has 0 saturated heterocycles. The third kappa shape index (κ3) is 2.66. The van der Waals surface area contributed by atoms with E-state index in [2.05, 4.69) is 0 Å². The van der Waals surface area contributed by atoms with Gasteiger partial charge in [0.05, 0.1) is 18.8 Å². The second kappa shape index (κ2) is 5.21. The Labute approximate surface area is 91.7 Å². The van der Waals surface area contributed by atoms with Crippen molar-refractivity contribution in [2.24, 2.45) is 5.92 Å². The molecule has 0 fully saturated rings. The molecule has 0 heterocycles. The Morgan fingerprint density at radius 1 is 1.25 bits per heavy atom. The van der Waals surface area contributed by atoms with E-state index in [0.717, 1.165) is 0 Å². The number of halogens is 3. The molecule has 0 aliphatic carbocycles. The van der Waals surface area contributed by atoms with Gasteiger partial charge < -0.3 is 9.84 Å². The lowest BCUT2D eigenvalue weighted by molar-refractivity contribution is 0.234. The Hall–Kier alpha value is -1.23. The number of aliphatic hydroxyl groups is 1. The molecule has 1 N–H and O–H groups in total. The molecule has 0 aliphatic rings. The van der Waals surface area contributed by atoms with Crippen LogP contribution in [0.25, 0.3) is 0 Å². The zero-order valence-electron chi connectivity index (χ0n) is 9.06. The lowest BCUT2D eigenvalue weighted by atomic mass is 10.2. The number of rotatable bonds is 4. The van der Waals surface area contributed by atoms with Gasteiger partial charge in [-0.25, -0.2) is 13.2 Å². The summed E-state index contributed by atoms with van der Waals surface area (Å²) in [5.74, 6) is -3.96. The van der Waals surface area contributed by atoms with E-state index in [1.807, 2.05) is 13.8 Å². The zero-order chi connectivity index (χ0) is 12.3. The van der Waals surface area contributed by atoms with Gasteiger partial charge in [-0.3, -0.25) is 0 Å². The van der Waals surface area contributed by atoms with Crippen LogP contribution in [0, 0.1) is 23.4 Å². The van der Waals surface area contributed by atoms with Crippen molar-refractivity contribution in [3.05, 3.63) is 29.1 Å². The van der Waals surface area contributed by atoms with Crippen LogP contribution in [-0.2, 0) is 6.61 Å². The van der Waals surface area contributed by atoms with E-state index in [0.29, 0.717) is 6.07 Å². The first-order chi connectivity index (χ1) is 7.47. The van der Waals surface area contributed by atoms with Crippen LogP contribution in [-0.4, -0.2) is 11.7 Å². The van der Waals surface area contributed by atoms with Gasteiger partial charge in [0.1, 0.15) is 5.82 Å². The van der Waals surface area contributed by atoms with E-state index < -0.39 is 35.4 Å². The molecule has 16 heavy (non-hydrogen) atoms. The fraction of sp³-hybridized carbons (Fsp3) is 0.455. The van der Waals surface area contributed by atoms with Gasteiger partial charge in [-0.15, -0.1) is 0 Å². The fourth-order valence-corrected chi connectivity index (χ4v) is 1.14. The molecule has 1 rings (SSSR count). The highest BCUT2D eigenvalue weighted by Crippen LogP contribution is 2.27. The second-order valence-corrected chi connectivity index (χ2v) is 3.82. The first-order valence-electron chi connectivity index (χ1n) is 4.87. The molecule has 0 radical (unpaired) electrons. The highest BCUT2D eigenvalue weighted by Gasteiger charge is 2.19. The van der Waals surface area contributed by atoms with Crippen LogP contribution >= 0.6 is 0 Å². The minimum Gasteiger partial charge on any atom is -0.487 e. The van der Waals surface area contributed by atoms with Crippen molar-refractivity contribution in [2.75, 3.05) is 6.61 Å². The number of ether oxygens (including phenoxy) is 1. The largest absolute Gasteiger partial charge is 0.487 e. The van der Waals surface area contributed by atoms with Crippen LogP contribution in [0.3, 0.4) is 0 Å². The van der Waals surface area contributed by atoms with Gasteiger partial charge in [0.25, 0.3) is 0 Å². The van der Waals surface area contributed by atoms with Crippen molar-refractivity contribution >= 4 is 0 Å². The number of aliphatic hydroxyl groups excluding tert-OH is 1. The monoisotopic (exact) mass is 234 g/mol. The summed E-state index contributed by atoms with van der Waals surface area (Å²) in [6.45, 7) is 2.90. The maximum atomic E-state index is 13.5. The van der Waals surface area contributed by atoms with Crippen molar-refractivity contribution < 1.29 is 23.0 Å². The number of hydrogen-bond acceptors (Lipinski definition) is 2. The van der Waals surface area contributed by atoms with Crippen LogP contribution in [0.1, 0.15) is 19.4 Å². The molecule has 0 saturated carbocycles. The molecular formula is C11H13F3O2. The van der Waals surface area contributed by atoms with Gasteiger partial charge in [0.15, 0.2) is 17.4 Å². The van der Waals surface area contributed by atoms with E-state index in [-0.39, 0.29) is 12.5 Å². The molecular weight excluding hydrogens is 221 g/mol. The summed E-state index contributed by atoms with van der Waals surface area (Å²) in [6.07, 6.45) is 0. The first kappa shape index (κ1) is 12.8. The SMILES string of the molecule is CC(C)COc1c(F)cc(F)c(CO)c1F. The molecule has 0 amide bonds. The normalized spacial score (nSPS) is 10.9. The summed E-state index contributed by atoms with van der Waals surface area (Å²) >= 11 is 0. The number of hydrogen-bond donors (Lipinski definition) is 1. The Morgan fingerprint density at radius 3 is 2.38 bits per heavy atom. The van der Waals surface area contributed by atoms with Crippen molar-refractivity contribution in [3.63, 3.8) is 0 Å². The minimum atomic E-state index is -1.18. The highest BCUT2D eigenvalue weighted by atomic mass is 19.1. The molecule has 0 aliphatic heterocycles. The Balaban J connectivity index is 3.08. The van der Waals surface area contributed by atoms with Crippen molar-refractivity contribution in [3.8, 4) is 5.75 Å². The van der Waals surface area contributed by atoms with Gasteiger partial charge >= 0.3 is 0 Å². The van der Waals surface area contributed by atoms with E-state index in [9.17, 15) is 13.2 Å². The van der Waals surface area contributed by atoms with Gasteiger partial charge in [-0.05, 0) is 5.92 Å². The lowest BCUT2D eigenvalue weighted by Crippen LogP contribution is -2.09. The van der Waals surface area contributed by atoms with Crippen LogP contribution < -0.4 is 4.74 Å². The molecule has 0 bridgehead atoms. The minimum absolute atomic E-state index is 0.0847. The topological polar surface area (TPSA) is 29.5 Å². The van der Waals surface area contributed by atoms with Gasteiger partial charge in [-0.1, -0.05) is 13.8 Å². The maximum Gasteiger partial charge on any atom is 0.191 e. The van der Waals surface area contributed by atoms with Crippen LogP contribution in [0.2, 0.25) is 0 Å². The smallest absolute Gasteiger partial charge is 0.191 e. The third-order valence-corrected chi connectivity index (χ3v) is 1.94. The van der Waals surface area contributed by atoms with E-state index in [1.165, 1.54) is 0 Å². The van der Waals surface area contributed by atoms with Gasteiger partial charge in [0, 0.05) is 6.07 Å². The fourth-order valence-electron chi connectivity index (χ4n) is 1.14. The molecule has 1 aromatic carbocycles. The summed E-state index contributed by atoms with van der Waals surface area (Å²) in [5.41, 5.74) is -0.583. The average Bonchev–Trinajstić information content (AvgIpc) is 2.16. The summed E-state index contributed by atoms with van der Waals surface area (Å²) in [7, 11) is 0. The average molecular weight is 234 g/mol. The summed E-state index contributed by atoms with van der Waals surface area (Å²) in [5, 5.41) is 8.73. The van der Waals surface area contributed by atoms with E-state index >= 15 is 0 Å². The maximum absolute atomic E-state index is 13.5. The Kier molecular flexibility index (Phi) is 4.18. The molecule has 2 nitrogen and oxygen atoms in total. The summed E-state index contributed by atoms with van der Waals surface area (Å²) < 4.78 is 44.6. The summed E-state index contributed by atoms with van der Waals surface area (Å²) in [4.78, 5) is 0. The van der Waals surface area contributed by atoms with Gasteiger partial charge in [0.2, 0.25) is 0 Å². The highest BCUT2D eigenvalue weighted by molar-refractivity contribution is 5.33. The molecule has 90 valence electrons. The molecule has 0 aromatic heterocycles.